The molecule has 4 nitrogen and oxygen atoms in total. The topological polar surface area (TPSA) is 36.3 Å². The second kappa shape index (κ2) is 6.79. The first-order valence-corrected chi connectivity index (χ1v) is 8.53. The van der Waals surface area contributed by atoms with Crippen molar-refractivity contribution in [1.82, 2.24) is 9.55 Å². The Labute approximate surface area is 155 Å². The first-order valence-electron chi connectivity index (χ1n) is 8.53. The van der Waals surface area contributed by atoms with Gasteiger partial charge in [0.2, 0.25) is 0 Å². The predicted octanol–water partition coefficient (Wildman–Crippen LogP) is 5.81. The molecule has 3 rings (SSSR count). The lowest BCUT2D eigenvalue weighted by Crippen LogP contribution is -2.17. The summed E-state index contributed by atoms with van der Waals surface area (Å²) in [5.41, 5.74) is 5.12. The van der Waals surface area contributed by atoms with Crippen molar-refractivity contribution in [2.45, 2.75) is 40.1 Å². The smallest absolute Gasteiger partial charge is 0.496 e. The second-order valence-corrected chi connectivity index (χ2v) is 6.74. The number of hydrogen-bond acceptors (Lipinski definition) is 3. The third kappa shape index (κ3) is 3.72. The van der Waals surface area contributed by atoms with E-state index in [9.17, 15) is 13.2 Å². The number of rotatable bonds is 4. The molecule has 0 saturated heterocycles. The van der Waals surface area contributed by atoms with Gasteiger partial charge in [-0.25, -0.2) is 4.98 Å². The van der Waals surface area contributed by atoms with Crippen molar-refractivity contribution in [3.8, 4) is 22.8 Å². The maximum absolute atomic E-state index is 12.5. The van der Waals surface area contributed by atoms with Crippen LogP contribution in [0.3, 0.4) is 0 Å². The van der Waals surface area contributed by atoms with E-state index in [1.165, 1.54) is 25.3 Å². The predicted molar refractivity (Wildman–Crippen MR) is 98.3 cm³/mol. The zero-order chi connectivity index (χ0) is 19.9. The average molecular weight is 378 g/mol. The lowest BCUT2D eigenvalue weighted by atomic mass is 10.0. The van der Waals surface area contributed by atoms with Crippen LogP contribution in [0.5, 0.6) is 11.5 Å². The monoisotopic (exact) mass is 378 g/mol. The number of hydrogen-bond donors (Lipinski definition) is 0. The summed E-state index contributed by atoms with van der Waals surface area (Å²) in [7, 11) is 1.41. The molecule has 0 saturated carbocycles. The van der Waals surface area contributed by atoms with Crippen LogP contribution in [-0.2, 0) is 0 Å². The van der Waals surface area contributed by atoms with Gasteiger partial charge in [0.15, 0.2) is 0 Å². The molecule has 0 bridgehead atoms. The molecular formula is C20H21F3N2O2. The summed E-state index contributed by atoms with van der Waals surface area (Å²) < 4.78 is 48.9. The third-order valence-electron chi connectivity index (χ3n) is 4.40. The number of benzene rings is 1. The van der Waals surface area contributed by atoms with Crippen molar-refractivity contribution in [2.24, 2.45) is 0 Å². The molecule has 0 N–H and O–H groups in total. The fourth-order valence-electron chi connectivity index (χ4n) is 3.19. The Kier molecular flexibility index (Phi) is 4.80. The first kappa shape index (κ1) is 19.1. The molecule has 1 aromatic carbocycles. The molecule has 0 unspecified atom stereocenters. The highest BCUT2D eigenvalue weighted by Crippen LogP contribution is 2.37. The standard InChI is InChI=1S/C20H21F3N2O2/c1-11(2)25-10-13(4)19-16(25)8-12(3)18(24-19)15-7-6-14(9-17(15)26-5)27-20(21,22)23/h6-11H,1-5H3. The maximum Gasteiger partial charge on any atom is 0.573 e. The summed E-state index contributed by atoms with van der Waals surface area (Å²) in [6, 6.07) is 6.37. The Morgan fingerprint density at radius 2 is 1.78 bits per heavy atom. The summed E-state index contributed by atoms with van der Waals surface area (Å²) >= 11 is 0. The van der Waals surface area contributed by atoms with E-state index >= 15 is 0 Å². The SMILES string of the molecule is COc1cc(OC(F)(F)F)ccc1-c1nc2c(C)cn(C(C)C)c2cc1C. The number of halogens is 3. The summed E-state index contributed by atoms with van der Waals surface area (Å²) in [4.78, 5) is 4.80. The number of aromatic nitrogens is 2. The van der Waals surface area contributed by atoms with Gasteiger partial charge in [-0.1, -0.05) is 0 Å². The number of nitrogens with zero attached hydrogens (tertiary/aromatic N) is 2. The molecule has 3 aromatic rings. The number of aryl methyl sites for hydroxylation is 2. The molecule has 0 aliphatic rings. The van der Waals surface area contributed by atoms with Crippen LogP contribution in [0.4, 0.5) is 13.2 Å². The van der Waals surface area contributed by atoms with Crippen LogP contribution in [-0.4, -0.2) is 23.0 Å². The lowest BCUT2D eigenvalue weighted by molar-refractivity contribution is -0.274. The van der Waals surface area contributed by atoms with Gasteiger partial charge in [-0.2, -0.15) is 0 Å². The number of pyridine rings is 1. The molecule has 0 amide bonds. The Balaban J connectivity index is 2.14. The summed E-state index contributed by atoms with van der Waals surface area (Å²) in [5.74, 6) is -0.0587. The van der Waals surface area contributed by atoms with Crippen LogP contribution in [0.15, 0.2) is 30.5 Å². The molecule has 0 fully saturated rings. The third-order valence-corrected chi connectivity index (χ3v) is 4.40. The molecule has 27 heavy (non-hydrogen) atoms. The second-order valence-electron chi connectivity index (χ2n) is 6.74. The number of ether oxygens (including phenoxy) is 2. The van der Waals surface area contributed by atoms with Crippen LogP contribution in [0, 0.1) is 13.8 Å². The van der Waals surface area contributed by atoms with Crippen LogP contribution >= 0.6 is 0 Å². The Hall–Kier alpha value is -2.70. The van der Waals surface area contributed by atoms with Crippen molar-refractivity contribution in [2.75, 3.05) is 7.11 Å². The minimum Gasteiger partial charge on any atom is -0.496 e. The molecule has 0 radical (unpaired) electrons. The highest BCUT2D eigenvalue weighted by Gasteiger charge is 2.31. The molecule has 0 atom stereocenters. The van der Waals surface area contributed by atoms with E-state index in [1.54, 1.807) is 0 Å². The minimum atomic E-state index is -4.75. The van der Waals surface area contributed by atoms with Gasteiger partial charge >= 0.3 is 6.36 Å². The average Bonchev–Trinajstić information content (AvgIpc) is 2.89. The largest absolute Gasteiger partial charge is 0.573 e. The highest BCUT2D eigenvalue weighted by molar-refractivity contribution is 5.85. The van der Waals surface area contributed by atoms with Crippen molar-refractivity contribution in [3.63, 3.8) is 0 Å². The van der Waals surface area contributed by atoms with Gasteiger partial charge in [0.05, 0.1) is 23.8 Å². The molecule has 7 heteroatoms. The molecule has 0 spiro atoms. The number of fused-ring (bicyclic) bond motifs is 1. The zero-order valence-corrected chi connectivity index (χ0v) is 15.8. The maximum atomic E-state index is 12.5. The fourth-order valence-corrected chi connectivity index (χ4v) is 3.19. The molecule has 0 aliphatic carbocycles. The van der Waals surface area contributed by atoms with E-state index in [2.05, 4.69) is 29.3 Å². The van der Waals surface area contributed by atoms with Gasteiger partial charge in [0.1, 0.15) is 11.5 Å². The van der Waals surface area contributed by atoms with Gasteiger partial charge in [0, 0.05) is 23.9 Å². The van der Waals surface area contributed by atoms with Crippen LogP contribution < -0.4 is 9.47 Å². The molecule has 2 heterocycles. The van der Waals surface area contributed by atoms with Crippen molar-refractivity contribution in [3.05, 3.63) is 41.6 Å². The van der Waals surface area contributed by atoms with E-state index in [1.807, 2.05) is 19.9 Å². The quantitative estimate of drug-likeness (QED) is 0.575. The summed E-state index contributed by atoms with van der Waals surface area (Å²) in [6.45, 7) is 8.12. The van der Waals surface area contributed by atoms with E-state index in [0.717, 1.165) is 22.2 Å². The Bertz CT molecular complexity index is 991. The number of alkyl halides is 3. The van der Waals surface area contributed by atoms with E-state index in [4.69, 9.17) is 9.72 Å². The van der Waals surface area contributed by atoms with Crippen molar-refractivity contribution < 1.29 is 22.6 Å². The zero-order valence-electron chi connectivity index (χ0n) is 15.8. The van der Waals surface area contributed by atoms with Gasteiger partial charge < -0.3 is 14.0 Å². The van der Waals surface area contributed by atoms with Gasteiger partial charge in [-0.15, -0.1) is 13.2 Å². The van der Waals surface area contributed by atoms with E-state index in [0.29, 0.717) is 17.3 Å². The van der Waals surface area contributed by atoms with Crippen molar-refractivity contribution >= 4 is 11.0 Å². The highest BCUT2D eigenvalue weighted by atomic mass is 19.4. The molecule has 144 valence electrons. The van der Waals surface area contributed by atoms with Crippen LogP contribution in [0.1, 0.15) is 31.0 Å². The summed E-state index contributed by atoms with van der Waals surface area (Å²) in [5, 5.41) is 0. The van der Waals surface area contributed by atoms with Crippen LogP contribution in [0.2, 0.25) is 0 Å². The van der Waals surface area contributed by atoms with Gasteiger partial charge in [0.25, 0.3) is 0 Å². The summed E-state index contributed by atoms with van der Waals surface area (Å²) in [6.07, 6.45) is -2.69. The van der Waals surface area contributed by atoms with Gasteiger partial charge in [-0.05, 0) is 57.0 Å². The lowest BCUT2D eigenvalue weighted by Gasteiger charge is -2.15. The van der Waals surface area contributed by atoms with Gasteiger partial charge in [-0.3, -0.25) is 0 Å². The first-order chi connectivity index (χ1) is 12.6. The molecule has 2 aromatic heterocycles. The fraction of sp³-hybridized carbons (Fsp3) is 0.350. The van der Waals surface area contributed by atoms with E-state index in [-0.39, 0.29) is 11.5 Å². The Morgan fingerprint density at radius 3 is 2.37 bits per heavy atom. The minimum absolute atomic E-state index is 0.271. The van der Waals surface area contributed by atoms with Crippen LogP contribution in [0.25, 0.3) is 22.3 Å². The molecular weight excluding hydrogens is 357 g/mol. The Morgan fingerprint density at radius 1 is 1.07 bits per heavy atom. The molecule has 0 aliphatic heterocycles. The number of methoxy groups -OCH3 is 1. The van der Waals surface area contributed by atoms with E-state index < -0.39 is 6.36 Å². The normalized spacial score (nSPS) is 12.0. The van der Waals surface area contributed by atoms with Crippen molar-refractivity contribution in [1.29, 1.82) is 0 Å².